The molecule has 118 valence electrons. The van der Waals surface area contributed by atoms with Crippen LogP contribution in [-0.4, -0.2) is 58.9 Å². The highest BCUT2D eigenvalue weighted by Gasteiger charge is 2.37. The molecule has 6 nitrogen and oxygen atoms in total. The summed E-state index contributed by atoms with van der Waals surface area (Å²) in [5, 5.41) is 0. The van der Waals surface area contributed by atoms with Crippen LogP contribution in [0.1, 0.15) is 19.0 Å². The number of rotatable bonds is 3. The lowest BCUT2D eigenvalue weighted by Gasteiger charge is -2.32. The van der Waals surface area contributed by atoms with E-state index in [1.165, 1.54) is 0 Å². The molecule has 1 aromatic rings. The van der Waals surface area contributed by atoms with Gasteiger partial charge in [-0.1, -0.05) is 6.07 Å². The molecule has 0 aromatic carbocycles. The summed E-state index contributed by atoms with van der Waals surface area (Å²) in [4.78, 5) is 32.5. The fourth-order valence-corrected chi connectivity index (χ4v) is 3.05. The van der Waals surface area contributed by atoms with Crippen molar-refractivity contribution in [3.63, 3.8) is 0 Å². The Morgan fingerprint density at radius 1 is 1.41 bits per heavy atom. The third-order valence-electron chi connectivity index (χ3n) is 4.20. The summed E-state index contributed by atoms with van der Waals surface area (Å²) in [7, 11) is 0. The van der Waals surface area contributed by atoms with E-state index in [-0.39, 0.29) is 23.8 Å². The molecule has 0 saturated carbocycles. The first-order valence-corrected chi connectivity index (χ1v) is 7.71. The van der Waals surface area contributed by atoms with Crippen molar-refractivity contribution in [3.05, 3.63) is 30.1 Å². The van der Waals surface area contributed by atoms with E-state index >= 15 is 0 Å². The van der Waals surface area contributed by atoms with Gasteiger partial charge in [0.25, 0.3) is 0 Å². The first-order valence-electron chi connectivity index (χ1n) is 7.71. The van der Waals surface area contributed by atoms with Gasteiger partial charge in [0.05, 0.1) is 30.9 Å². The average Bonchev–Trinajstić information content (AvgIpc) is 2.88. The highest BCUT2D eigenvalue weighted by atomic mass is 16.5. The van der Waals surface area contributed by atoms with E-state index in [0.29, 0.717) is 39.2 Å². The predicted octanol–water partition coefficient (Wildman–Crippen LogP) is 0.677. The second-order valence-electron chi connectivity index (χ2n) is 5.96. The molecule has 0 bridgehead atoms. The Balaban J connectivity index is 1.60. The third-order valence-corrected chi connectivity index (χ3v) is 4.20. The smallest absolute Gasteiger partial charge is 0.228 e. The van der Waals surface area contributed by atoms with Crippen molar-refractivity contribution in [2.45, 2.75) is 26.0 Å². The lowest BCUT2D eigenvalue weighted by atomic mass is 10.1. The topological polar surface area (TPSA) is 62.7 Å². The number of ether oxygens (including phenoxy) is 1. The van der Waals surface area contributed by atoms with Gasteiger partial charge in [-0.15, -0.1) is 0 Å². The van der Waals surface area contributed by atoms with Crippen molar-refractivity contribution in [2.24, 2.45) is 5.92 Å². The minimum absolute atomic E-state index is 0.0327. The van der Waals surface area contributed by atoms with Gasteiger partial charge in [-0.2, -0.15) is 0 Å². The van der Waals surface area contributed by atoms with Crippen LogP contribution in [0.4, 0.5) is 0 Å². The zero-order chi connectivity index (χ0) is 15.5. The average molecular weight is 303 g/mol. The number of carbonyl (C=O) groups excluding carboxylic acids is 2. The Labute approximate surface area is 130 Å². The molecule has 3 rings (SSSR count). The van der Waals surface area contributed by atoms with E-state index in [4.69, 9.17) is 4.74 Å². The number of pyridine rings is 1. The summed E-state index contributed by atoms with van der Waals surface area (Å²) in [6, 6.07) is 5.65. The number of hydrogen-bond donors (Lipinski definition) is 0. The van der Waals surface area contributed by atoms with Crippen LogP contribution in [-0.2, 0) is 20.9 Å². The molecule has 2 atom stereocenters. The minimum atomic E-state index is -0.235. The molecular weight excluding hydrogens is 282 g/mol. The Kier molecular flexibility index (Phi) is 4.38. The van der Waals surface area contributed by atoms with E-state index in [0.717, 1.165) is 5.69 Å². The van der Waals surface area contributed by atoms with Gasteiger partial charge in [0.1, 0.15) is 0 Å². The van der Waals surface area contributed by atoms with Gasteiger partial charge in [-0.25, -0.2) is 0 Å². The predicted molar refractivity (Wildman–Crippen MR) is 79.8 cm³/mol. The lowest BCUT2D eigenvalue weighted by Crippen LogP contribution is -2.47. The molecule has 6 heteroatoms. The second kappa shape index (κ2) is 6.44. The second-order valence-corrected chi connectivity index (χ2v) is 5.96. The molecule has 0 unspecified atom stereocenters. The Hall–Kier alpha value is -1.95. The van der Waals surface area contributed by atoms with Gasteiger partial charge >= 0.3 is 0 Å². The zero-order valence-electron chi connectivity index (χ0n) is 12.8. The standard InChI is InChI=1S/C16H21N3O3/c1-12-9-18(6-7-22-12)16(21)13-8-15(20)19(10-13)11-14-4-2-3-5-17-14/h2-5,12-13H,6-11H2,1H3/t12-,13-/m0/s1. The fraction of sp³-hybridized carbons (Fsp3) is 0.562. The molecule has 2 aliphatic rings. The molecule has 0 spiro atoms. The monoisotopic (exact) mass is 303 g/mol. The van der Waals surface area contributed by atoms with Crippen molar-refractivity contribution >= 4 is 11.8 Å². The van der Waals surface area contributed by atoms with Crippen LogP contribution in [0.5, 0.6) is 0 Å². The maximum Gasteiger partial charge on any atom is 0.228 e. The number of amides is 2. The largest absolute Gasteiger partial charge is 0.375 e. The summed E-state index contributed by atoms with van der Waals surface area (Å²) < 4.78 is 5.46. The van der Waals surface area contributed by atoms with Crippen molar-refractivity contribution in [2.75, 3.05) is 26.2 Å². The first kappa shape index (κ1) is 15.0. The molecule has 2 amide bonds. The molecule has 3 heterocycles. The number of nitrogens with zero attached hydrogens (tertiary/aromatic N) is 3. The van der Waals surface area contributed by atoms with Crippen LogP contribution in [0.3, 0.4) is 0 Å². The maximum absolute atomic E-state index is 12.6. The Bertz CT molecular complexity index is 549. The van der Waals surface area contributed by atoms with Crippen LogP contribution in [0, 0.1) is 5.92 Å². The maximum atomic E-state index is 12.6. The van der Waals surface area contributed by atoms with Crippen molar-refractivity contribution in [1.82, 2.24) is 14.8 Å². The van der Waals surface area contributed by atoms with Crippen LogP contribution in [0.15, 0.2) is 24.4 Å². The van der Waals surface area contributed by atoms with Crippen molar-refractivity contribution in [3.8, 4) is 0 Å². The van der Waals surface area contributed by atoms with Crippen LogP contribution < -0.4 is 0 Å². The first-order chi connectivity index (χ1) is 10.6. The number of carbonyl (C=O) groups is 2. The normalized spacial score (nSPS) is 25.6. The molecule has 22 heavy (non-hydrogen) atoms. The van der Waals surface area contributed by atoms with Gasteiger partial charge in [-0.3, -0.25) is 14.6 Å². The number of likely N-dealkylation sites (tertiary alicyclic amines) is 1. The van der Waals surface area contributed by atoms with Gasteiger partial charge < -0.3 is 14.5 Å². The highest BCUT2D eigenvalue weighted by molar-refractivity contribution is 5.89. The van der Waals surface area contributed by atoms with E-state index < -0.39 is 0 Å². The molecule has 0 N–H and O–H groups in total. The summed E-state index contributed by atoms with van der Waals surface area (Å²) in [5.41, 5.74) is 0.851. The molecular formula is C16H21N3O3. The summed E-state index contributed by atoms with van der Waals surface area (Å²) in [5.74, 6) is -0.126. The van der Waals surface area contributed by atoms with Crippen molar-refractivity contribution in [1.29, 1.82) is 0 Å². The van der Waals surface area contributed by atoms with Gasteiger partial charge in [0.2, 0.25) is 11.8 Å². The quantitative estimate of drug-likeness (QED) is 0.824. The summed E-state index contributed by atoms with van der Waals surface area (Å²) in [6.45, 7) is 4.73. The number of aromatic nitrogens is 1. The third kappa shape index (κ3) is 3.27. The zero-order valence-corrected chi connectivity index (χ0v) is 12.8. The van der Waals surface area contributed by atoms with Gasteiger partial charge in [-0.05, 0) is 19.1 Å². The van der Waals surface area contributed by atoms with E-state index in [1.54, 1.807) is 11.1 Å². The number of hydrogen-bond acceptors (Lipinski definition) is 4. The number of morpholine rings is 1. The van der Waals surface area contributed by atoms with Crippen LogP contribution >= 0.6 is 0 Å². The molecule has 2 aliphatic heterocycles. The van der Waals surface area contributed by atoms with E-state index in [9.17, 15) is 9.59 Å². The van der Waals surface area contributed by atoms with E-state index in [2.05, 4.69) is 4.98 Å². The molecule has 0 radical (unpaired) electrons. The SMILES string of the molecule is C[C@H]1CN(C(=O)[C@H]2CC(=O)N(Cc3ccccn3)C2)CCO1. The summed E-state index contributed by atoms with van der Waals surface area (Å²) >= 11 is 0. The van der Waals surface area contributed by atoms with Crippen LogP contribution in [0.25, 0.3) is 0 Å². The van der Waals surface area contributed by atoms with Crippen LogP contribution in [0.2, 0.25) is 0 Å². The fourth-order valence-electron chi connectivity index (χ4n) is 3.05. The molecule has 0 aliphatic carbocycles. The molecule has 1 aromatic heterocycles. The van der Waals surface area contributed by atoms with E-state index in [1.807, 2.05) is 30.0 Å². The van der Waals surface area contributed by atoms with Gasteiger partial charge in [0.15, 0.2) is 0 Å². The molecule has 2 saturated heterocycles. The summed E-state index contributed by atoms with van der Waals surface area (Å²) in [6.07, 6.45) is 2.09. The lowest BCUT2D eigenvalue weighted by molar-refractivity contribution is -0.142. The molecule has 2 fully saturated rings. The highest BCUT2D eigenvalue weighted by Crippen LogP contribution is 2.22. The Morgan fingerprint density at radius 3 is 3.00 bits per heavy atom. The van der Waals surface area contributed by atoms with Crippen molar-refractivity contribution < 1.29 is 14.3 Å². The minimum Gasteiger partial charge on any atom is -0.375 e. The van der Waals surface area contributed by atoms with Gasteiger partial charge in [0, 0.05) is 32.3 Å². The Morgan fingerprint density at radius 2 is 2.27 bits per heavy atom.